The molecule has 3 rings (SSSR count). The molecular formula is C20H20FNO3S. The fourth-order valence-corrected chi connectivity index (χ4v) is 4.27. The fraction of sp³-hybridized carbons (Fsp3) is 0.300. The minimum Gasteiger partial charge on any atom is -0.481 e. The van der Waals surface area contributed by atoms with Gasteiger partial charge in [0.05, 0.1) is 5.92 Å². The van der Waals surface area contributed by atoms with Gasteiger partial charge < -0.3 is 10.4 Å². The molecule has 3 unspecified atom stereocenters. The third-order valence-corrected chi connectivity index (χ3v) is 5.84. The molecule has 26 heavy (non-hydrogen) atoms. The first-order chi connectivity index (χ1) is 12.5. The lowest BCUT2D eigenvalue weighted by atomic mass is 10.0. The van der Waals surface area contributed by atoms with E-state index in [1.54, 1.807) is 12.1 Å². The number of hydrogen-bond donors (Lipinski definition) is 2. The zero-order valence-electron chi connectivity index (χ0n) is 14.1. The van der Waals surface area contributed by atoms with Crippen LogP contribution in [-0.4, -0.2) is 23.0 Å². The molecule has 0 heterocycles. The number of carboxylic acids is 1. The molecule has 0 spiro atoms. The van der Waals surface area contributed by atoms with Crippen molar-refractivity contribution in [2.24, 2.45) is 5.92 Å². The van der Waals surface area contributed by atoms with E-state index in [9.17, 15) is 19.1 Å². The zero-order valence-corrected chi connectivity index (χ0v) is 14.9. The van der Waals surface area contributed by atoms with Crippen LogP contribution in [0.1, 0.15) is 30.1 Å². The van der Waals surface area contributed by atoms with Crippen LogP contribution in [0.5, 0.6) is 0 Å². The van der Waals surface area contributed by atoms with Crippen molar-refractivity contribution in [3.63, 3.8) is 0 Å². The van der Waals surface area contributed by atoms with Crippen molar-refractivity contribution in [1.29, 1.82) is 0 Å². The monoisotopic (exact) mass is 373 g/mol. The van der Waals surface area contributed by atoms with Crippen LogP contribution in [0.3, 0.4) is 0 Å². The number of nitrogens with one attached hydrogen (secondary N) is 1. The summed E-state index contributed by atoms with van der Waals surface area (Å²) in [4.78, 5) is 25.1. The maximum Gasteiger partial charge on any atom is 0.308 e. The second-order valence-corrected chi connectivity index (χ2v) is 7.53. The summed E-state index contributed by atoms with van der Waals surface area (Å²) < 4.78 is 13.2. The minimum atomic E-state index is -0.866. The second-order valence-electron chi connectivity index (χ2n) is 6.35. The summed E-state index contributed by atoms with van der Waals surface area (Å²) in [6.45, 7) is 0. The second kappa shape index (κ2) is 8.36. The summed E-state index contributed by atoms with van der Waals surface area (Å²) in [6, 6.07) is 15.0. The number of rotatable bonds is 6. The van der Waals surface area contributed by atoms with Gasteiger partial charge in [-0.05, 0) is 42.7 Å². The summed E-state index contributed by atoms with van der Waals surface area (Å²) >= 11 is 1.33. The van der Waals surface area contributed by atoms with Crippen LogP contribution in [0.2, 0.25) is 0 Å². The number of benzene rings is 2. The van der Waals surface area contributed by atoms with Gasteiger partial charge in [0.15, 0.2) is 0 Å². The molecule has 4 nitrogen and oxygen atoms in total. The van der Waals surface area contributed by atoms with Gasteiger partial charge in [0, 0.05) is 10.9 Å². The highest BCUT2D eigenvalue weighted by Crippen LogP contribution is 2.36. The number of halogens is 1. The summed E-state index contributed by atoms with van der Waals surface area (Å²) in [5.74, 6) is -1.95. The van der Waals surface area contributed by atoms with Crippen molar-refractivity contribution in [2.75, 3.05) is 0 Å². The van der Waals surface area contributed by atoms with Crippen LogP contribution in [-0.2, 0) is 9.59 Å². The Labute approximate surface area is 155 Å². The molecule has 2 N–H and O–H groups in total. The molecule has 0 aliphatic heterocycles. The van der Waals surface area contributed by atoms with Gasteiger partial charge in [-0.3, -0.25) is 9.59 Å². The van der Waals surface area contributed by atoms with Crippen LogP contribution < -0.4 is 5.32 Å². The van der Waals surface area contributed by atoms with Crippen LogP contribution in [0, 0.1) is 11.7 Å². The number of amides is 1. The predicted molar refractivity (Wildman–Crippen MR) is 98.3 cm³/mol. The summed E-state index contributed by atoms with van der Waals surface area (Å²) in [7, 11) is 0. The smallest absolute Gasteiger partial charge is 0.308 e. The van der Waals surface area contributed by atoms with Gasteiger partial charge in [0.1, 0.15) is 11.1 Å². The number of carbonyl (C=O) groups excluding carboxylic acids is 1. The third kappa shape index (κ3) is 4.43. The molecule has 1 fully saturated rings. The average molecular weight is 373 g/mol. The molecule has 3 atom stereocenters. The van der Waals surface area contributed by atoms with E-state index in [1.165, 1.54) is 23.9 Å². The highest BCUT2D eigenvalue weighted by Gasteiger charge is 2.35. The quantitative estimate of drug-likeness (QED) is 0.751. The number of carboxylic acid groups (broad SMARTS) is 1. The van der Waals surface area contributed by atoms with Crippen LogP contribution in [0.4, 0.5) is 4.39 Å². The van der Waals surface area contributed by atoms with Gasteiger partial charge in [-0.15, -0.1) is 11.8 Å². The van der Waals surface area contributed by atoms with E-state index >= 15 is 0 Å². The predicted octanol–water partition coefficient (Wildman–Crippen LogP) is 4.03. The summed E-state index contributed by atoms with van der Waals surface area (Å²) in [5, 5.41) is 11.7. The van der Waals surface area contributed by atoms with E-state index in [4.69, 9.17) is 0 Å². The fourth-order valence-electron chi connectivity index (χ4n) is 3.24. The average Bonchev–Trinajstić information content (AvgIpc) is 3.10. The molecule has 1 aliphatic rings. The van der Waals surface area contributed by atoms with Gasteiger partial charge in [-0.2, -0.15) is 0 Å². The van der Waals surface area contributed by atoms with Crippen molar-refractivity contribution in [3.05, 3.63) is 66.0 Å². The molecule has 136 valence electrons. The Bertz CT molecular complexity index is 766. The molecule has 2 aromatic carbocycles. The van der Waals surface area contributed by atoms with Gasteiger partial charge in [-0.25, -0.2) is 4.39 Å². The van der Waals surface area contributed by atoms with Crippen molar-refractivity contribution in [2.45, 2.75) is 35.4 Å². The zero-order chi connectivity index (χ0) is 18.5. The Hall–Kier alpha value is -2.34. The number of aliphatic carboxylic acids is 1. The standard InChI is InChI=1S/C20H20FNO3S/c21-14-9-11-15(12-10-14)26-18(13-5-2-1-3-6-13)19(23)22-17-8-4-7-16(17)20(24)25/h1-3,5-6,9-12,16-18H,4,7-8H2,(H,22,23)(H,24,25). The molecule has 0 aromatic heterocycles. The number of hydrogen-bond acceptors (Lipinski definition) is 3. The molecule has 0 saturated heterocycles. The normalized spacial score (nSPS) is 20.5. The van der Waals surface area contributed by atoms with E-state index in [-0.39, 0.29) is 17.8 Å². The lowest BCUT2D eigenvalue weighted by Crippen LogP contribution is -2.41. The van der Waals surface area contributed by atoms with Crippen LogP contribution in [0.25, 0.3) is 0 Å². The lowest BCUT2D eigenvalue weighted by molar-refractivity contribution is -0.142. The van der Waals surface area contributed by atoms with Crippen molar-refractivity contribution < 1.29 is 19.1 Å². The minimum absolute atomic E-state index is 0.219. The van der Waals surface area contributed by atoms with Crippen molar-refractivity contribution in [1.82, 2.24) is 5.32 Å². The van der Waals surface area contributed by atoms with Crippen LogP contribution in [0.15, 0.2) is 59.5 Å². The first kappa shape index (κ1) is 18.5. The maximum absolute atomic E-state index is 13.2. The van der Waals surface area contributed by atoms with E-state index in [2.05, 4.69) is 5.32 Å². The van der Waals surface area contributed by atoms with E-state index in [1.807, 2.05) is 30.3 Å². The van der Waals surface area contributed by atoms with E-state index in [0.29, 0.717) is 12.8 Å². The van der Waals surface area contributed by atoms with Crippen molar-refractivity contribution >= 4 is 23.6 Å². The highest BCUT2D eigenvalue weighted by molar-refractivity contribution is 8.00. The highest BCUT2D eigenvalue weighted by atomic mass is 32.2. The molecule has 0 bridgehead atoms. The Morgan fingerprint density at radius 2 is 1.77 bits per heavy atom. The SMILES string of the molecule is O=C(NC1CCCC1C(=O)O)C(Sc1ccc(F)cc1)c1ccccc1. The van der Waals surface area contributed by atoms with Gasteiger partial charge in [-0.1, -0.05) is 36.8 Å². The molecule has 1 saturated carbocycles. The molecule has 2 aromatic rings. The Balaban J connectivity index is 1.79. The Morgan fingerprint density at radius 1 is 1.08 bits per heavy atom. The summed E-state index contributed by atoms with van der Waals surface area (Å²) in [5.41, 5.74) is 0.823. The topological polar surface area (TPSA) is 66.4 Å². The Morgan fingerprint density at radius 3 is 2.42 bits per heavy atom. The Kier molecular flexibility index (Phi) is 5.93. The third-order valence-electron chi connectivity index (χ3n) is 4.57. The van der Waals surface area contributed by atoms with E-state index < -0.39 is 17.1 Å². The largest absolute Gasteiger partial charge is 0.481 e. The molecule has 6 heteroatoms. The van der Waals surface area contributed by atoms with Gasteiger partial charge >= 0.3 is 5.97 Å². The molecule has 1 aliphatic carbocycles. The lowest BCUT2D eigenvalue weighted by Gasteiger charge is -2.22. The molecule has 0 radical (unpaired) electrons. The molecular weight excluding hydrogens is 353 g/mol. The van der Waals surface area contributed by atoms with Crippen molar-refractivity contribution in [3.8, 4) is 0 Å². The van der Waals surface area contributed by atoms with Gasteiger partial charge in [0.25, 0.3) is 0 Å². The first-order valence-corrected chi connectivity index (χ1v) is 9.43. The first-order valence-electron chi connectivity index (χ1n) is 8.55. The number of thioether (sulfide) groups is 1. The number of carbonyl (C=O) groups is 2. The summed E-state index contributed by atoms with van der Waals surface area (Å²) in [6.07, 6.45) is 2.05. The van der Waals surface area contributed by atoms with Crippen LogP contribution >= 0.6 is 11.8 Å². The van der Waals surface area contributed by atoms with Gasteiger partial charge in [0.2, 0.25) is 5.91 Å². The van der Waals surface area contributed by atoms with E-state index in [0.717, 1.165) is 16.9 Å². The maximum atomic E-state index is 13.2. The molecule has 1 amide bonds.